The Labute approximate surface area is 78.4 Å². The minimum Gasteiger partial charge on any atom is -0.324 e. The highest BCUT2D eigenvalue weighted by Gasteiger charge is 2.21. The quantitative estimate of drug-likeness (QED) is 0.708. The number of hydrogen-bond acceptors (Lipinski definition) is 3. The maximum absolute atomic E-state index is 5.89. The third kappa shape index (κ3) is 1.44. The van der Waals surface area contributed by atoms with Crippen molar-refractivity contribution in [1.82, 2.24) is 9.97 Å². The van der Waals surface area contributed by atoms with Crippen molar-refractivity contribution >= 4 is 0 Å². The molecule has 1 aromatic heterocycles. The molecule has 0 bridgehead atoms. The van der Waals surface area contributed by atoms with Crippen LogP contribution >= 0.6 is 0 Å². The highest BCUT2D eigenvalue weighted by molar-refractivity contribution is 5.26. The van der Waals surface area contributed by atoms with Gasteiger partial charge < -0.3 is 5.73 Å². The molecule has 3 heteroatoms. The molecule has 3 nitrogen and oxygen atoms in total. The Morgan fingerprint density at radius 3 is 3.00 bits per heavy atom. The van der Waals surface area contributed by atoms with Crippen LogP contribution in [0.2, 0.25) is 0 Å². The third-order valence-electron chi connectivity index (χ3n) is 2.53. The predicted molar refractivity (Wildman–Crippen MR) is 51.4 cm³/mol. The number of fused-ring (bicyclic) bond motifs is 1. The Morgan fingerprint density at radius 1 is 1.54 bits per heavy atom. The summed E-state index contributed by atoms with van der Waals surface area (Å²) in [5.74, 6) is 1.34. The van der Waals surface area contributed by atoms with Gasteiger partial charge in [0, 0.05) is 29.4 Å². The van der Waals surface area contributed by atoms with Gasteiger partial charge in [-0.2, -0.15) is 0 Å². The van der Waals surface area contributed by atoms with Crippen molar-refractivity contribution in [3.05, 3.63) is 23.3 Å². The molecule has 1 unspecified atom stereocenters. The summed E-state index contributed by atoms with van der Waals surface area (Å²) in [6.45, 7) is 4.22. The second-order valence-corrected chi connectivity index (χ2v) is 3.93. The first-order valence-electron chi connectivity index (χ1n) is 4.79. The van der Waals surface area contributed by atoms with Crippen molar-refractivity contribution in [2.75, 3.05) is 0 Å². The van der Waals surface area contributed by atoms with E-state index in [-0.39, 0.29) is 6.04 Å². The molecule has 1 atom stereocenters. The first kappa shape index (κ1) is 8.63. The van der Waals surface area contributed by atoms with Crippen LogP contribution in [0, 0.1) is 0 Å². The molecule has 0 saturated carbocycles. The van der Waals surface area contributed by atoms with Gasteiger partial charge in [0.15, 0.2) is 0 Å². The summed E-state index contributed by atoms with van der Waals surface area (Å²) in [6, 6.07) is 0.163. The minimum atomic E-state index is 0.163. The highest BCUT2D eigenvalue weighted by atomic mass is 14.9. The summed E-state index contributed by atoms with van der Waals surface area (Å²) in [5, 5.41) is 0. The number of hydrogen-bond donors (Lipinski definition) is 1. The molecule has 2 rings (SSSR count). The highest BCUT2D eigenvalue weighted by Crippen LogP contribution is 2.27. The average Bonchev–Trinajstić information content (AvgIpc) is 2.47. The van der Waals surface area contributed by atoms with Gasteiger partial charge in [0.05, 0.1) is 0 Å². The van der Waals surface area contributed by atoms with Crippen LogP contribution in [0.25, 0.3) is 0 Å². The van der Waals surface area contributed by atoms with Crippen LogP contribution in [-0.4, -0.2) is 9.97 Å². The fourth-order valence-electron chi connectivity index (χ4n) is 1.68. The van der Waals surface area contributed by atoms with E-state index in [0.717, 1.165) is 29.9 Å². The molecule has 0 spiro atoms. The maximum atomic E-state index is 5.89. The summed E-state index contributed by atoms with van der Waals surface area (Å²) in [6.07, 6.45) is 3.93. The van der Waals surface area contributed by atoms with Crippen LogP contribution in [0.4, 0.5) is 0 Å². The summed E-state index contributed by atoms with van der Waals surface area (Å²) >= 11 is 0. The number of nitrogens with two attached hydrogens (primary N) is 1. The second kappa shape index (κ2) is 3.07. The van der Waals surface area contributed by atoms with Gasteiger partial charge in [-0.1, -0.05) is 13.8 Å². The second-order valence-electron chi connectivity index (χ2n) is 3.93. The van der Waals surface area contributed by atoms with Crippen molar-refractivity contribution in [2.45, 2.75) is 38.6 Å². The van der Waals surface area contributed by atoms with E-state index < -0.39 is 0 Å². The van der Waals surface area contributed by atoms with E-state index in [1.54, 1.807) is 0 Å². The van der Waals surface area contributed by atoms with Crippen LogP contribution in [0.1, 0.15) is 49.3 Å². The van der Waals surface area contributed by atoms with Crippen molar-refractivity contribution in [3.63, 3.8) is 0 Å². The van der Waals surface area contributed by atoms with Gasteiger partial charge in [-0.3, -0.25) is 0 Å². The Hall–Kier alpha value is -0.960. The zero-order valence-corrected chi connectivity index (χ0v) is 8.12. The van der Waals surface area contributed by atoms with Gasteiger partial charge in [-0.05, 0) is 12.8 Å². The lowest BCUT2D eigenvalue weighted by Gasteiger charge is -2.06. The Kier molecular flexibility index (Phi) is 2.04. The fraction of sp³-hybridized carbons (Fsp3) is 0.600. The zero-order valence-electron chi connectivity index (χ0n) is 8.12. The number of aromatic nitrogens is 2. The molecular weight excluding hydrogens is 162 g/mol. The summed E-state index contributed by atoms with van der Waals surface area (Å²) in [5.41, 5.74) is 8.19. The van der Waals surface area contributed by atoms with E-state index in [0.29, 0.717) is 5.92 Å². The van der Waals surface area contributed by atoms with Gasteiger partial charge in [0.2, 0.25) is 0 Å². The van der Waals surface area contributed by atoms with Crippen molar-refractivity contribution < 1.29 is 0 Å². The van der Waals surface area contributed by atoms with Gasteiger partial charge in [-0.25, -0.2) is 9.97 Å². The lowest BCUT2D eigenvalue weighted by atomic mass is 10.1. The molecule has 1 heterocycles. The van der Waals surface area contributed by atoms with E-state index >= 15 is 0 Å². The lowest BCUT2D eigenvalue weighted by molar-refractivity contribution is 0.711. The van der Waals surface area contributed by atoms with Crippen LogP contribution in [0.15, 0.2) is 6.20 Å². The van der Waals surface area contributed by atoms with E-state index in [2.05, 4.69) is 23.8 Å². The van der Waals surface area contributed by atoms with Crippen LogP contribution in [-0.2, 0) is 6.42 Å². The van der Waals surface area contributed by atoms with E-state index in [1.807, 2.05) is 6.20 Å². The van der Waals surface area contributed by atoms with Gasteiger partial charge in [0.1, 0.15) is 5.82 Å². The summed E-state index contributed by atoms with van der Waals surface area (Å²) in [7, 11) is 0. The standard InChI is InChI=1S/C10H15N3/c1-6(2)10-12-5-7-8(11)3-4-9(7)13-10/h5-6,8H,3-4,11H2,1-2H3. The molecule has 0 amide bonds. The molecule has 0 aromatic carbocycles. The first-order chi connectivity index (χ1) is 6.18. The SMILES string of the molecule is CC(C)c1ncc2c(n1)CCC2N. The first-order valence-corrected chi connectivity index (χ1v) is 4.79. The molecule has 0 radical (unpaired) electrons. The van der Waals surface area contributed by atoms with Gasteiger partial charge >= 0.3 is 0 Å². The van der Waals surface area contributed by atoms with E-state index in [4.69, 9.17) is 5.73 Å². The molecule has 1 aromatic rings. The Balaban J connectivity index is 2.40. The van der Waals surface area contributed by atoms with Crippen molar-refractivity contribution in [3.8, 4) is 0 Å². The molecule has 1 aliphatic rings. The summed E-state index contributed by atoms with van der Waals surface area (Å²) in [4.78, 5) is 8.82. The fourth-order valence-corrected chi connectivity index (χ4v) is 1.68. The minimum absolute atomic E-state index is 0.163. The molecule has 1 aliphatic carbocycles. The molecule has 0 saturated heterocycles. The molecule has 2 N–H and O–H groups in total. The van der Waals surface area contributed by atoms with Gasteiger partial charge in [-0.15, -0.1) is 0 Å². The van der Waals surface area contributed by atoms with Crippen LogP contribution < -0.4 is 5.73 Å². The largest absolute Gasteiger partial charge is 0.324 e. The number of aryl methyl sites for hydroxylation is 1. The maximum Gasteiger partial charge on any atom is 0.131 e. The Morgan fingerprint density at radius 2 is 2.31 bits per heavy atom. The van der Waals surface area contributed by atoms with Gasteiger partial charge in [0.25, 0.3) is 0 Å². The van der Waals surface area contributed by atoms with Crippen molar-refractivity contribution in [2.24, 2.45) is 5.73 Å². The molecule has 70 valence electrons. The average molecular weight is 177 g/mol. The predicted octanol–water partition coefficient (Wildman–Crippen LogP) is 1.55. The zero-order chi connectivity index (χ0) is 9.42. The number of nitrogens with zero attached hydrogens (tertiary/aromatic N) is 2. The Bertz CT molecular complexity index is 320. The molecule has 13 heavy (non-hydrogen) atoms. The van der Waals surface area contributed by atoms with Crippen molar-refractivity contribution in [1.29, 1.82) is 0 Å². The summed E-state index contributed by atoms with van der Waals surface area (Å²) < 4.78 is 0. The topological polar surface area (TPSA) is 51.8 Å². The molecule has 0 fully saturated rings. The van der Waals surface area contributed by atoms with E-state index in [1.165, 1.54) is 0 Å². The normalized spacial score (nSPS) is 20.8. The molecular formula is C10H15N3. The third-order valence-corrected chi connectivity index (χ3v) is 2.53. The number of rotatable bonds is 1. The lowest BCUT2D eigenvalue weighted by Crippen LogP contribution is -2.07. The van der Waals surface area contributed by atoms with Crippen LogP contribution in [0.5, 0.6) is 0 Å². The van der Waals surface area contributed by atoms with E-state index in [9.17, 15) is 0 Å². The monoisotopic (exact) mass is 177 g/mol. The smallest absolute Gasteiger partial charge is 0.131 e. The van der Waals surface area contributed by atoms with Crippen LogP contribution in [0.3, 0.4) is 0 Å². The molecule has 0 aliphatic heterocycles.